The Kier molecular flexibility index (Phi) is 5.92. The second-order valence-electron chi connectivity index (χ2n) is 5.54. The number of hydrogen-bond donors (Lipinski definition) is 2. The first kappa shape index (κ1) is 15.7. The molecule has 0 atom stereocenters. The van der Waals surface area contributed by atoms with Crippen molar-refractivity contribution < 1.29 is 4.79 Å². The van der Waals surface area contributed by atoms with Crippen molar-refractivity contribution in [3.63, 3.8) is 0 Å². The maximum atomic E-state index is 10.9. The molecule has 0 aliphatic carbocycles. The van der Waals surface area contributed by atoms with Gasteiger partial charge in [-0.1, -0.05) is 6.92 Å². The summed E-state index contributed by atoms with van der Waals surface area (Å²) in [5, 5.41) is 6.17. The van der Waals surface area contributed by atoms with Crippen LogP contribution in [0.25, 0.3) is 0 Å². The zero-order valence-corrected chi connectivity index (χ0v) is 12.9. The molecule has 0 unspecified atom stereocenters. The molecule has 1 aromatic rings. The van der Waals surface area contributed by atoms with Crippen molar-refractivity contribution in [2.24, 2.45) is 5.92 Å². The summed E-state index contributed by atoms with van der Waals surface area (Å²) in [6, 6.07) is 0. The van der Waals surface area contributed by atoms with Gasteiger partial charge in [-0.05, 0) is 25.3 Å². The molecule has 0 bridgehead atoms. The summed E-state index contributed by atoms with van der Waals surface area (Å²) >= 11 is 0. The van der Waals surface area contributed by atoms with Gasteiger partial charge in [-0.15, -0.1) is 0 Å². The molecule has 2 heterocycles. The van der Waals surface area contributed by atoms with Gasteiger partial charge in [-0.25, -0.2) is 9.97 Å². The Morgan fingerprint density at radius 2 is 2.00 bits per heavy atom. The highest BCUT2D eigenvalue weighted by Crippen LogP contribution is 2.19. The van der Waals surface area contributed by atoms with E-state index in [4.69, 9.17) is 0 Å². The first-order valence-corrected chi connectivity index (χ1v) is 7.70. The lowest BCUT2D eigenvalue weighted by Gasteiger charge is -2.32. The number of aromatic nitrogens is 2. The van der Waals surface area contributed by atoms with Crippen LogP contribution in [0.15, 0.2) is 12.4 Å². The number of rotatable bonds is 6. The maximum absolute atomic E-state index is 10.9. The highest BCUT2D eigenvalue weighted by atomic mass is 16.1. The van der Waals surface area contributed by atoms with E-state index >= 15 is 0 Å². The lowest BCUT2D eigenvalue weighted by atomic mass is 9.97. The number of carbonyl (C=O) groups is 1. The Morgan fingerprint density at radius 3 is 2.57 bits per heavy atom. The normalized spacial score (nSPS) is 16.0. The number of hydrogen-bond acceptors (Lipinski definition) is 5. The summed E-state index contributed by atoms with van der Waals surface area (Å²) in [6.07, 6.45) is 5.94. The van der Waals surface area contributed by atoms with Gasteiger partial charge in [0.05, 0.1) is 0 Å². The fourth-order valence-electron chi connectivity index (χ4n) is 2.50. The van der Waals surface area contributed by atoms with Crippen LogP contribution in [0.2, 0.25) is 0 Å². The highest BCUT2D eigenvalue weighted by molar-refractivity contribution is 5.72. The van der Waals surface area contributed by atoms with Crippen molar-refractivity contribution in [2.45, 2.75) is 33.2 Å². The van der Waals surface area contributed by atoms with Gasteiger partial charge < -0.3 is 15.5 Å². The minimum atomic E-state index is 0.0528. The Morgan fingerprint density at radius 1 is 1.33 bits per heavy atom. The molecule has 0 aromatic carbocycles. The van der Waals surface area contributed by atoms with Crippen LogP contribution in [0, 0.1) is 5.92 Å². The van der Waals surface area contributed by atoms with E-state index in [9.17, 15) is 4.79 Å². The van der Waals surface area contributed by atoms with Gasteiger partial charge in [0.25, 0.3) is 0 Å². The lowest BCUT2D eigenvalue weighted by Crippen LogP contribution is -2.39. The van der Waals surface area contributed by atoms with Crippen molar-refractivity contribution >= 4 is 11.9 Å². The molecule has 0 spiro atoms. The van der Waals surface area contributed by atoms with Gasteiger partial charge >= 0.3 is 0 Å². The van der Waals surface area contributed by atoms with Crippen LogP contribution >= 0.6 is 0 Å². The highest BCUT2D eigenvalue weighted by Gasteiger charge is 2.20. The summed E-state index contributed by atoms with van der Waals surface area (Å²) < 4.78 is 0. The van der Waals surface area contributed by atoms with E-state index in [1.807, 2.05) is 12.4 Å². The van der Waals surface area contributed by atoms with Crippen molar-refractivity contribution in [3.05, 3.63) is 18.0 Å². The number of piperidine rings is 1. The molecule has 0 saturated carbocycles. The Hall–Kier alpha value is -1.69. The van der Waals surface area contributed by atoms with E-state index in [-0.39, 0.29) is 5.91 Å². The fourth-order valence-corrected chi connectivity index (χ4v) is 2.50. The molecule has 21 heavy (non-hydrogen) atoms. The van der Waals surface area contributed by atoms with E-state index in [2.05, 4.69) is 32.4 Å². The second kappa shape index (κ2) is 7.93. The minimum Gasteiger partial charge on any atom is -0.356 e. The zero-order chi connectivity index (χ0) is 15.1. The Bertz CT molecular complexity index is 440. The molecule has 6 nitrogen and oxygen atoms in total. The van der Waals surface area contributed by atoms with Gasteiger partial charge in [-0.2, -0.15) is 0 Å². The molecule has 1 amide bonds. The van der Waals surface area contributed by atoms with Crippen LogP contribution in [-0.2, 0) is 11.3 Å². The first-order chi connectivity index (χ1) is 10.2. The summed E-state index contributed by atoms with van der Waals surface area (Å²) in [5.74, 6) is 1.43. The topological polar surface area (TPSA) is 70.2 Å². The largest absolute Gasteiger partial charge is 0.356 e. The van der Waals surface area contributed by atoms with Crippen molar-refractivity contribution in [1.82, 2.24) is 20.6 Å². The molecule has 2 N–H and O–H groups in total. The van der Waals surface area contributed by atoms with Crippen LogP contribution in [0.4, 0.5) is 5.95 Å². The second-order valence-corrected chi connectivity index (χ2v) is 5.54. The SMILES string of the molecule is CCNCc1cnc(N2CCC(CNC(C)=O)CC2)nc1. The number of anilines is 1. The van der Waals surface area contributed by atoms with Crippen LogP contribution in [-0.4, -0.2) is 42.1 Å². The molecule has 116 valence electrons. The first-order valence-electron chi connectivity index (χ1n) is 7.70. The summed E-state index contributed by atoms with van der Waals surface area (Å²) in [5.41, 5.74) is 1.11. The third-order valence-corrected chi connectivity index (χ3v) is 3.81. The minimum absolute atomic E-state index is 0.0528. The number of nitrogens with zero attached hydrogens (tertiary/aromatic N) is 3. The summed E-state index contributed by atoms with van der Waals surface area (Å²) in [6.45, 7) is 8.11. The number of carbonyl (C=O) groups excluding carboxylic acids is 1. The predicted molar refractivity (Wildman–Crippen MR) is 83.0 cm³/mol. The van der Waals surface area contributed by atoms with Crippen LogP contribution in [0.5, 0.6) is 0 Å². The van der Waals surface area contributed by atoms with E-state index in [1.165, 1.54) is 0 Å². The molecule has 0 radical (unpaired) electrons. The molecule has 6 heteroatoms. The monoisotopic (exact) mass is 291 g/mol. The maximum Gasteiger partial charge on any atom is 0.225 e. The number of nitrogens with one attached hydrogen (secondary N) is 2. The third kappa shape index (κ3) is 4.97. The quantitative estimate of drug-likeness (QED) is 0.816. The van der Waals surface area contributed by atoms with E-state index in [0.717, 1.165) is 57.1 Å². The predicted octanol–water partition coefficient (Wildman–Crippen LogP) is 0.939. The molecular weight excluding hydrogens is 266 g/mol. The third-order valence-electron chi connectivity index (χ3n) is 3.81. The fraction of sp³-hybridized carbons (Fsp3) is 0.667. The van der Waals surface area contributed by atoms with Crippen LogP contribution < -0.4 is 15.5 Å². The van der Waals surface area contributed by atoms with E-state index in [0.29, 0.717) is 5.92 Å². The van der Waals surface area contributed by atoms with Gasteiger partial charge in [0.1, 0.15) is 0 Å². The molecule has 2 rings (SSSR count). The smallest absolute Gasteiger partial charge is 0.225 e. The van der Waals surface area contributed by atoms with Gasteiger partial charge in [0, 0.05) is 51.1 Å². The molecule has 1 aliphatic rings. The zero-order valence-electron chi connectivity index (χ0n) is 12.9. The average Bonchev–Trinajstić information content (AvgIpc) is 2.52. The van der Waals surface area contributed by atoms with Crippen molar-refractivity contribution in [1.29, 1.82) is 0 Å². The van der Waals surface area contributed by atoms with Gasteiger partial charge in [0.15, 0.2) is 0 Å². The molecule has 1 fully saturated rings. The Labute approximate surface area is 126 Å². The van der Waals surface area contributed by atoms with E-state index < -0.39 is 0 Å². The van der Waals surface area contributed by atoms with Crippen LogP contribution in [0.3, 0.4) is 0 Å². The van der Waals surface area contributed by atoms with Crippen molar-refractivity contribution in [2.75, 3.05) is 31.1 Å². The Balaban J connectivity index is 1.80. The molecule has 1 aliphatic heterocycles. The lowest BCUT2D eigenvalue weighted by molar-refractivity contribution is -0.119. The van der Waals surface area contributed by atoms with Gasteiger partial charge in [-0.3, -0.25) is 4.79 Å². The number of amides is 1. The standard InChI is InChI=1S/C15H25N5O/c1-3-16-8-14-10-18-15(19-11-14)20-6-4-13(5-7-20)9-17-12(2)21/h10-11,13,16H,3-9H2,1-2H3,(H,17,21). The van der Waals surface area contributed by atoms with Crippen LogP contribution in [0.1, 0.15) is 32.3 Å². The molecular formula is C15H25N5O. The average molecular weight is 291 g/mol. The van der Waals surface area contributed by atoms with Gasteiger partial charge in [0.2, 0.25) is 11.9 Å². The summed E-state index contributed by atoms with van der Waals surface area (Å²) in [7, 11) is 0. The summed E-state index contributed by atoms with van der Waals surface area (Å²) in [4.78, 5) is 22.1. The molecule has 1 aromatic heterocycles. The van der Waals surface area contributed by atoms with Crippen molar-refractivity contribution in [3.8, 4) is 0 Å². The molecule has 1 saturated heterocycles. The van der Waals surface area contributed by atoms with E-state index in [1.54, 1.807) is 6.92 Å².